The minimum Gasteiger partial charge on any atom is -0.403 e. The molecule has 0 bridgehead atoms. The fourth-order valence-corrected chi connectivity index (χ4v) is 5.53. The molecular formula is C24H34F4O. The highest BCUT2D eigenvalue weighted by Crippen LogP contribution is 2.45. The zero-order valence-electron chi connectivity index (χ0n) is 17.4. The molecule has 0 spiro atoms. The van der Waals surface area contributed by atoms with Crippen LogP contribution in [-0.4, -0.2) is 6.36 Å². The van der Waals surface area contributed by atoms with Gasteiger partial charge in [-0.15, -0.1) is 13.2 Å². The Morgan fingerprint density at radius 3 is 2.07 bits per heavy atom. The smallest absolute Gasteiger partial charge is 0.403 e. The largest absolute Gasteiger partial charge is 0.573 e. The first kappa shape index (κ1) is 22.4. The molecule has 5 heteroatoms. The number of hydrogen-bond acceptors (Lipinski definition) is 1. The maximum atomic E-state index is 14.0. The summed E-state index contributed by atoms with van der Waals surface area (Å²) < 4.78 is 54.7. The van der Waals surface area contributed by atoms with E-state index in [2.05, 4.69) is 11.7 Å². The first-order chi connectivity index (χ1) is 13.9. The molecule has 29 heavy (non-hydrogen) atoms. The highest BCUT2D eigenvalue weighted by molar-refractivity contribution is 5.31. The normalized spacial score (nSPS) is 28.3. The van der Waals surface area contributed by atoms with Crippen LogP contribution in [0, 0.1) is 23.6 Å². The summed E-state index contributed by atoms with van der Waals surface area (Å²) >= 11 is 0. The van der Waals surface area contributed by atoms with E-state index in [0.29, 0.717) is 0 Å². The number of hydrogen-bond donors (Lipinski definition) is 0. The zero-order valence-corrected chi connectivity index (χ0v) is 17.4. The molecule has 3 rings (SSSR count). The van der Waals surface area contributed by atoms with Gasteiger partial charge < -0.3 is 4.74 Å². The summed E-state index contributed by atoms with van der Waals surface area (Å²) in [6.45, 7) is 2.26. The van der Waals surface area contributed by atoms with Crippen LogP contribution in [0.25, 0.3) is 0 Å². The summed E-state index contributed by atoms with van der Waals surface area (Å²) in [5.74, 6) is 1.09. The van der Waals surface area contributed by atoms with Gasteiger partial charge in [0.25, 0.3) is 0 Å². The van der Waals surface area contributed by atoms with Crippen molar-refractivity contribution >= 4 is 0 Å². The van der Waals surface area contributed by atoms with Crippen LogP contribution in [0.2, 0.25) is 0 Å². The molecule has 2 saturated carbocycles. The molecule has 0 amide bonds. The van der Waals surface area contributed by atoms with Crippen molar-refractivity contribution in [2.45, 2.75) is 96.3 Å². The van der Waals surface area contributed by atoms with Crippen LogP contribution in [0.3, 0.4) is 0 Å². The summed E-state index contributed by atoms with van der Waals surface area (Å²) in [4.78, 5) is 0. The summed E-state index contributed by atoms with van der Waals surface area (Å²) in [7, 11) is 0. The third-order valence-corrected chi connectivity index (χ3v) is 7.20. The van der Waals surface area contributed by atoms with E-state index in [1.54, 1.807) is 6.07 Å². The van der Waals surface area contributed by atoms with E-state index in [-0.39, 0.29) is 5.92 Å². The molecule has 164 valence electrons. The van der Waals surface area contributed by atoms with E-state index in [4.69, 9.17) is 0 Å². The highest BCUT2D eigenvalue weighted by Gasteiger charge is 2.34. The zero-order chi connectivity index (χ0) is 20.9. The van der Waals surface area contributed by atoms with Gasteiger partial charge in [-0.05, 0) is 79.9 Å². The summed E-state index contributed by atoms with van der Waals surface area (Å²) in [6, 6.07) is 3.94. The molecule has 0 aromatic heterocycles. The second-order valence-electron chi connectivity index (χ2n) is 9.13. The van der Waals surface area contributed by atoms with Crippen LogP contribution in [-0.2, 0) is 0 Å². The molecule has 0 saturated heterocycles. The standard InChI is InChI=1S/C24H34F4O/c1-2-3-4-5-17-6-8-18(9-7-17)19-10-12-20(13-11-19)21-14-15-23(22(25)16-21)29-24(26,27)28/h14-20H,2-13H2,1H3/t17-,18-,19?,20?. The van der Waals surface area contributed by atoms with Crippen molar-refractivity contribution in [2.24, 2.45) is 17.8 Å². The quantitative estimate of drug-likeness (QED) is 0.321. The van der Waals surface area contributed by atoms with Crippen LogP contribution in [0.1, 0.15) is 95.5 Å². The van der Waals surface area contributed by atoms with Gasteiger partial charge in [-0.25, -0.2) is 4.39 Å². The summed E-state index contributed by atoms with van der Waals surface area (Å²) in [5, 5.41) is 0. The molecule has 2 fully saturated rings. The fourth-order valence-electron chi connectivity index (χ4n) is 5.53. The lowest BCUT2D eigenvalue weighted by atomic mass is 9.68. The van der Waals surface area contributed by atoms with Crippen LogP contribution < -0.4 is 4.74 Å². The van der Waals surface area contributed by atoms with Gasteiger partial charge in [0.2, 0.25) is 0 Å². The van der Waals surface area contributed by atoms with E-state index in [9.17, 15) is 17.6 Å². The predicted octanol–water partition coefficient (Wildman–Crippen LogP) is 8.38. The highest BCUT2D eigenvalue weighted by atomic mass is 19.4. The SMILES string of the molecule is CCCCC[C@H]1CC[C@H](C2CCC(c3ccc(OC(F)(F)F)c(F)c3)CC2)CC1. The van der Waals surface area contributed by atoms with E-state index in [1.807, 2.05) is 0 Å². The lowest BCUT2D eigenvalue weighted by Gasteiger charge is -2.38. The van der Waals surface area contributed by atoms with E-state index >= 15 is 0 Å². The molecule has 1 nitrogen and oxygen atoms in total. The second-order valence-corrected chi connectivity index (χ2v) is 9.13. The monoisotopic (exact) mass is 414 g/mol. The summed E-state index contributed by atoms with van der Waals surface area (Å²) in [5.41, 5.74) is 0.801. The van der Waals surface area contributed by atoms with E-state index in [0.717, 1.165) is 55.1 Å². The van der Waals surface area contributed by atoms with Gasteiger partial charge in [0.1, 0.15) is 0 Å². The molecule has 0 radical (unpaired) electrons. The molecular weight excluding hydrogens is 380 g/mol. The Bertz CT molecular complexity index is 626. The first-order valence-corrected chi connectivity index (χ1v) is 11.4. The Morgan fingerprint density at radius 2 is 1.52 bits per heavy atom. The van der Waals surface area contributed by atoms with Crippen LogP contribution in [0.5, 0.6) is 5.75 Å². The lowest BCUT2D eigenvalue weighted by molar-refractivity contribution is -0.275. The molecule has 0 N–H and O–H groups in total. The average molecular weight is 415 g/mol. The van der Waals surface area contributed by atoms with Crippen LogP contribution in [0.15, 0.2) is 18.2 Å². The van der Waals surface area contributed by atoms with Gasteiger partial charge in [-0.3, -0.25) is 0 Å². The fraction of sp³-hybridized carbons (Fsp3) is 0.750. The van der Waals surface area contributed by atoms with Crippen molar-refractivity contribution in [3.63, 3.8) is 0 Å². The maximum absolute atomic E-state index is 14.0. The van der Waals surface area contributed by atoms with Gasteiger partial charge in [-0.2, -0.15) is 0 Å². The molecule has 0 atom stereocenters. The Balaban J connectivity index is 1.45. The molecule has 2 aliphatic rings. The van der Waals surface area contributed by atoms with Crippen molar-refractivity contribution in [3.8, 4) is 5.75 Å². The Labute approximate surface area is 172 Å². The van der Waals surface area contributed by atoms with E-state index in [1.165, 1.54) is 57.4 Å². The minimum absolute atomic E-state index is 0.242. The van der Waals surface area contributed by atoms with Gasteiger partial charge in [0.15, 0.2) is 11.6 Å². The van der Waals surface area contributed by atoms with Crippen molar-refractivity contribution in [1.29, 1.82) is 0 Å². The van der Waals surface area contributed by atoms with Crippen LogP contribution >= 0.6 is 0 Å². The minimum atomic E-state index is -4.87. The Morgan fingerprint density at radius 1 is 0.897 bits per heavy atom. The molecule has 0 heterocycles. The molecule has 0 unspecified atom stereocenters. The number of rotatable bonds is 7. The molecule has 1 aromatic rings. The lowest BCUT2D eigenvalue weighted by Crippen LogP contribution is -2.25. The van der Waals surface area contributed by atoms with Crippen molar-refractivity contribution in [3.05, 3.63) is 29.6 Å². The molecule has 1 aromatic carbocycles. The van der Waals surface area contributed by atoms with Crippen LogP contribution in [0.4, 0.5) is 17.6 Å². The molecule has 2 aliphatic carbocycles. The number of alkyl halides is 3. The van der Waals surface area contributed by atoms with Gasteiger partial charge in [0.05, 0.1) is 0 Å². The molecule has 0 aliphatic heterocycles. The Kier molecular flexibility index (Phi) is 7.86. The average Bonchev–Trinajstić information content (AvgIpc) is 2.69. The van der Waals surface area contributed by atoms with Gasteiger partial charge >= 0.3 is 6.36 Å². The third-order valence-electron chi connectivity index (χ3n) is 7.20. The third kappa shape index (κ3) is 6.62. The Hall–Kier alpha value is -1.26. The maximum Gasteiger partial charge on any atom is 0.573 e. The number of ether oxygens (including phenoxy) is 1. The number of halogens is 4. The topological polar surface area (TPSA) is 9.23 Å². The van der Waals surface area contributed by atoms with Crippen molar-refractivity contribution < 1.29 is 22.3 Å². The van der Waals surface area contributed by atoms with Gasteiger partial charge in [-0.1, -0.05) is 51.5 Å². The summed E-state index contributed by atoms with van der Waals surface area (Å²) in [6.07, 6.45) is 10.3. The van der Waals surface area contributed by atoms with Crippen molar-refractivity contribution in [1.82, 2.24) is 0 Å². The van der Waals surface area contributed by atoms with E-state index < -0.39 is 17.9 Å². The van der Waals surface area contributed by atoms with Crippen molar-refractivity contribution in [2.75, 3.05) is 0 Å². The predicted molar refractivity (Wildman–Crippen MR) is 107 cm³/mol. The number of unbranched alkanes of at least 4 members (excludes halogenated alkanes) is 2. The second kappa shape index (κ2) is 10.2. The van der Waals surface area contributed by atoms with Gasteiger partial charge in [0, 0.05) is 0 Å². The first-order valence-electron chi connectivity index (χ1n) is 11.4. The number of benzene rings is 1.